The Morgan fingerprint density at radius 1 is 1.40 bits per heavy atom. The van der Waals surface area contributed by atoms with Crippen LogP contribution in [0.25, 0.3) is 0 Å². The molecule has 10 heavy (non-hydrogen) atoms. The van der Waals surface area contributed by atoms with Gasteiger partial charge in [-0.15, -0.1) is 0 Å². The lowest BCUT2D eigenvalue weighted by molar-refractivity contribution is -0.114. The molecule has 50 valence electrons. The summed E-state index contributed by atoms with van der Waals surface area (Å²) in [5.74, 6) is 0.183. The van der Waals surface area contributed by atoms with E-state index in [2.05, 4.69) is 10.2 Å². The Morgan fingerprint density at radius 3 is 3.20 bits per heavy atom. The highest BCUT2D eigenvalue weighted by molar-refractivity contribution is 6.24. The normalized spacial score (nSPS) is 22.2. The lowest BCUT2D eigenvalue weighted by Crippen LogP contribution is -2.11. The SMILES string of the molecule is O=C1C=C2C=NN=C2CC1. The molecular formula is C7H6N2O. The number of fused-ring (bicyclic) bond motifs is 1. The smallest absolute Gasteiger partial charge is 0.156 e. The zero-order valence-electron chi connectivity index (χ0n) is 5.37. The van der Waals surface area contributed by atoms with Gasteiger partial charge in [-0.05, 0) is 12.5 Å². The summed E-state index contributed by atoms with van der Waals surface area (Å²) >= 11 is 0. The van der Waals surface area contributed by atoms with Gasteiger partial charge in [0, 0.05) is 12.0 Å². The largest absolute Gasteiger partial charge is 0.295 e. The Balaban J connectivity index is 2.43. The van der Waals surface area contributed by atoms with Gasteiger partial charge in [-0.1, -0.05) is 0 Å². The molecule has 1 heterocycles. The van der Waals surface area contributed by atoms with Crippen molar-refractivity contribution < 1.29 is 4.79 Å². The summed E-state index contributed by atoms with van der Waals surface area (Å²) in [4.78, 5) is 10.8. The van der Waals surface area contributed by atoms with E-state index < -0.39 is 0 Å². The quantitative estimate of drug-likeness (QED) is 0.481. The van der Waals surface area contributed by atoms with E-state index in [0.29, 0.717) is 6.42 Å². The van der Waals surface area contributed by atoms with Gasteiger partial charge in [-0.2, -0.15) is 10.2 Å². The molecular weight excluding hydrogens is 128 g/mol. The fourth-order valence-electron chi connectivity index (χ4n) is 1.10. The predicted octanol–water partition coefficient (Wildman–Crippen LogP) is 0.716. The molecule has 0 aromatic rings. The van der Waals surface area contributed by atoms with E-state index in [1.807, 2.05) is 0 Å². The number of ketones is 1. The second-order valence-corrected chi connectivity index (χ2v) is 2.36. The number of carbonyl (C=O) groups is 1. The second kappa shape index (κ2) is 1.87. The van der Waals surface area contributed by atoms with Gasteiger partial charge in [0.25, 0.3) is 0 Å². The van der Waals surface area contributed by atoms with E-state index in [9.17, 15) is 4.79 Å². The Hall–Kier alpha value is -1.25. The van der Waals surface area contributed by atoms with Crippen molar-refractivity contribution in [3.63, 3.8) is 0 Å². The number of hydrogen-bond acceptors (Lipinski definition) is 3. The van der Waals surface area contributed by atoms with Crippen molar-refractivity contribution in [3.8, 4) is 0 Å². The number of hydrogen-bond donors (Lipinski definition) is 0. The van der Waals surface area contributed by atoms with Crippen molar-refractivity contribution in [1.29, 1.82) is 0 Å². The maximum absolute atomic E-state index is 10.8. The van der Waals surface area contributed by atoms with Crippen LogP contribution in [-0.4, -0.2) is 17.7 Å². The Morgan fingerprint density at radius 2 is 2.30 bits per heavy atom. The van der Waals surface area contributed by atoms with Crippen LogP contribution in [0.15, 0.2) is 21.9 Å². The third-order valence-corrected chi connectivity index (χ3v) is 1.63. The molecule has 0 saturated carbocycles. The molecule has 0 amide bonds. The first-order chi connectivity index (χ1) is 4.86. The summed E-state index contributed by atoms with van der Waals surface area (Å²) in [6.07, 6.45) is 4.58. The van der Waals surface area contributed by atoms with Crippen molar-refractivity contribution >= 4 is 17.7 Å². The molecule has 0 spiro atoms. The first kappa shape index (κ1) is 5.53. The summed E-state index contributed by atoms with van der Waals surface area (Å²) in [6.45, 7) is 0. The van der Waals surface area contributed by atoms with Crippen LogP contribution < -0.4 is 0 Å². The van der Waals surface area contributed by atoms with E-state index in [1.54, 1.807) is 12.3 Å². The summed E-state index contributed by atoms with van der Waals surface area (Å²) in [7, 11) is 0. The van der Waals surface area contributed by atoms with Crippen LogP contribution >= 0.6 is 0 Å². The van der Waals surface area contributed by atoms with Crippen molar-refractivity contribution in [3.05, 3.63) is 11.6 Å². The van der Waals surface area contributed by atoms with Crippen molar-refractivity contribution in [2.75, 3.05) is 0 Å². The highest BCUT2D eigenvalue weighted by Crippen LogP contribution is 2.15. The highest BCUT2D eigenvalue weighted by Gasteiger charge is 2.17. The predicted molar refractivity (Wildman–Crippen MR) is 38.3 cm³/mol. The molecule has 0 aromatic carbocycles. The summed E-state index contributed by atoms with van der Waals surface area (Å²) in [5, 5.41) is 7.56. The van der Waals surface area contributed by atoms with Crippen LogP contribution in [0, 0.1) is 0 Å². The number of rotatable bonds is 0. The number of carbonyl (C=O) groups excluding carboxylic acids is 1. The molecule has 3 heteroatoms. The zero-order chi connectivity index (χ0) is 6.97. The summed E-state index contributed by atoms with van der Waals surface area (Å²) in [5.41, 5.74) is 1.86. The highest BCUT2D eigenvalue weighted by atomic mass is 16.1. The monoisotopic (exact) mass is 134 g/mol. The molecule has 3 nitrogen and oxygen atoms in total. The molecule has 2 rings (SSSR count). The van der Waals surface area contributed by atoms with Gasteiger partial charge in [-0.3, -0.25) is 4.79 Å². The van der Waals surface area contributed by atoms with Crippen LogP contribution in [0.2, 0.25) is 0 Å². The average molecular weight is 134 g/mol. The maximum Gasteiger partial charge on any atom is 0.156 e. The second-order valence-electron chi connectivity index (χ2n) is 2.36. The number of allylic oxidation sites excluding steroid dienone is 2. The van der Waals surface area contributed by atoms with Crippen LogP contribution in [-0.2, 0) is 4.79 Å². The van der Waals surface area contributed by atoms with E-state index in [0.717, 1.165) is 17.7 Å². The first-order valence-electron chi connectivity index (χ1n) is 3.21. The average Bonchev–Trinajstić information content (AvgIpc) is 2.33. The molecule has 0 fully saturated rings. The van der Waals surface area contributed by atoms with Gasteiger partial charge in [0.1, 0.15) is 0 Å². The van der Waals surface area contributed by atoms with Gasteiger partial charge >= 0.3 is 0 Å². The van der Waals surface area contributed by atoms with Gasteiger partial charge in [0.15, 0.2) is 5.78 Å². The van der Waals surface area contributed by atoms with Crippen LogP contribution in [0.3, 0.4) is 0 Å². The molecule has 0 bridgehead atoms. The molecule has 1 aliphatic carbocycles. The van der Waals surface area contributed by atoms with Crippen molar-refractivity contribution in [2.45, 2.75) is 12.8 Å². The zero-order valence-corrected chi connectivity index (χ0v) is 5.37. The van der Waals surface area contributed by atoms with Crippen molar-refractivity contribution in [2.24, 2.45) is 10.2 Å². The Kier molecular flexibility index (Phi) is 1.03. The molecule has 0 saturated heterocycles. The topological polar surface area (TPSA) is 41.8 Å². The van der Waals surface area contributed by atoms with E-state index in [4.69, 9.17) is 0 Å². The van der Waals surface area contributed by atoms with Gasteiger partial charge in [-0.25, -0.2) is 0 Å². The minimum Gasteiger partial charge on any atom is -0.295 e. The van der Waals surface area contributed by atoms with Gasteiger partial charge in [0.05, 0.1) is 11.9 Å². The van der Waals surface area contributed by atoms with E-state index >= 15 is 0 Å². The minimum atomic E-state index is 0.183. The van der Waals surface area contributed by atoms with E-state index in [1.165, 1.54) is 0 Å². The molecule has 0 aromatic heterocycles. The fraction of sp³-hybridized carbons (Fsp3) is 0.286. The number of nitrogens with zero attached hydrogens (tertiary/aromatic N) is 2. The molecule has 2 aliphatic rings. The molecule has 1 aliphatic heterocycles. The minimum absolute atomic E-state index is 0.183. The lowest BCUT2D eigenvalue weighted by atomic mass is 9.98. The van der Waals surface area contributed by atoms with Gasteiger partial charge in [0.2, 0.25) is 0 Å². The molecule has 0 atom stereocenters. The van der Waals surface area contributed by atoms with Crippen LogP contribution in [0.1, 0.15) is 12.8 Å². The van der Waals surface area contributed by atoms with E-state index in [-0.39, 0.29) is 5.78 Å². The summed E-state index contributed by atoms with van der Waals surface area (Å²) < 4.78 is 0. The van der Waals surface area contributed by atoms with Crippen molar-refractivity contribution in [1.82, 2.24) is 0 Å². The fourth-order valence-corrected chi connectivity index (χ4v) is 1.10. The lowest BCUT2D eigenvalue weighted by Gasteiger charge is -2.04. The third kappa shape index (κ3) is 0.708. The maximum atomic E-state index is 10.8. The Bertz CT molecular complexity index is 273. The molecule has 0 unspecified atom stereocenters. The Labute approximate surface area is 58.1 Å². The first-order valence-corrected chi connectivity index (χ1v) is 3.21. The van der Waals surface area contributed by atoms with Crippen LogP contribution in [0.5, 0.6) is 0 Å². The summed E-state index contributed by atoms with van der Waals surface area (Å²) in [6, 6.07) is 0. The standard InChI is InChI=1S/C7H6N2O/c10-6-1-2-7-5(3-6)4-8-9-7/h3-4H,1-2H2. The van der Waals surface area contributed by atoms with Gasteiger partial charge < -0.3 is 0 Å². The molecule has 0 radical (unpaired) electrons. The molecule has 0 N–H and O–H groups in total. The van der Waals surface area contributed by atoms with Crippen LogP contribution in [0.4, 0.5) is 0 Å². The third-order valence-electron chi connectivity index (χ3n) is 1.63.